The quantitative estimate of drug-likeness (QED) is 0.405. The molecule has 11 heteroatoms. The summed E-state index contributed by atoms with van der Waals surface area (Å²) in [4.78, 5) is 52.7. The Morgan fingerprint density at radius 1 is 1.06 bits per heavy atom. The number of hydrogen-bond donors (Lipinski definition) is 1. The van der Waals surface area contributed by atoms with Gasteiger partial charge >= 0.3 is 0 Å². The maximum atomic E-state index is 13.3. The van der Waals surface area contributed by atoms with Crippen LogP contribution in [0.2, 0.25) is 0 Å². The van der Waals surface area contributed by atoms with Gasteiger partial charge in [-0.2, -0.15) is 0 Å². The predicted molar refractivity (Wildman–Crippen MR) is 135 cm³/mol. The summed E-state index contributed by atoms with van der Waals surface area (Å²) in [5.41, 5.74) is 4.19. The molecule has 0 saturated carbocycles. The second-order valence-electron chi connectivity index (χ2n) is 9.50. The van der Waals surface area contributed by atoms with Crippen LogP contribution in [-0.4, -0.2) is 74.9 Å². The molecule has 2 aromatic carbocycles. The van der Waals surface area contributed by atoms with Crippen LogP contribution >= 0.6 is 0 Å². The highest BCUT2D eigenvalue weighted by Gasteiger charge is 2.44. The van der Waals surface area contributed by atoms with E-state index in [1.165, 1.54) is 0 Å². The summed E-state index contributed by atoms with van der Waals surface area (Å²) in [7, 11) is 3.82. The van der Waals surface area contributed by atoms with E-state index in [0.29, 0.717) is 44.0 Å². The molecule has 2 saturated heterocycles. The van der Waals surface area contributed by atoms with E-state index in [4.69, 9.17) is 9.47 Å². The molecule has 0 spiro atoms. The largest absolute Gasteiger partial charge is 0.489 e. The van der Waals surface area contributed by atoms with Gasteiger partial charge in [-0.05, 0) is 29.1 Å². The second-order valence-corrected chi connectivity index (χ2v) is 9.50. The van der Waals surface area contributed by atoms with Crippen molar-refractivity contribution in [3.8, 4) is 5.75 Å². The molecular weight excluding hydrogens is 460 g/mol. The second kappa shape index (κ2) is 9.81. The number of amides is 4. The molecule has 0 aromatic heterocycles. The van der Waals surface area contributed by atoms with Crippen molar-refractivity contribution >= 4 is 44.8 Å². The SMILES string of the molecule is Bc1ccc2c(c1OCc1ccc(CN3CCOCC3=O)cc1)C(B)N(C1CCC(=O)NC1=O)C2=O. The van der Waals surface area contributed by atoms with Crippen LogP contribution in [-0.2, 0) is 32.3 Å². The van der Waals surface area contributed by atoms with Crippen LogP contribution in [0.1, 0.15) is 45.8 Å². The van der Waals surface area contributed by atoms with E-state index in [9.17, 15) is 19.2 Å². The number of carbonyl (C=O) groups is 4. The average Bonchev–Trinajstić information content (AvgIpc) is 3.11. The van der Waals surface area contributed by atoms with Crippen molar-refractivity contribution in [2.24, 2.45) is 0 Å². The van der Waals surface area contributed by atoms with Crippen LogP contribution < -0.4 is 15.5 Å². The van der Waals surface area contributed by atoms with Gasteiger partial charge in [-0.1, -0.05) is 30.3 Å². The third kappa shape index (κ3) is 4.51. The molecule has 3 aliphatic rings. The van der Waals surface area contributed by atoms with Gasteiger partial charge in [0.1, 0.15) is 40.7 Å². The standard InChI is InChI=1S/C25H27B2N3O6/c26-17-6-5-16-21(23(27)30(25(16)34)18-7-8-19(31)28-24(18)33)22(17)36-12-15-3-1-14(2-4-15)11-29-9-10-35-13-20(29)32/h1-6,18,23H,7-13,26-27H2,(H,28,31,33). The number of nitrogens with zero attached hydrogens (tertiary/aromatic N) is 2. The van der Waals surface area contributed by atoms with Crippen molar-refractivity contribution in [2.75, 3.05) is 19.8 Å². The Bertz CT molecular complexity index is 1240. The van der Waals surface area contributed by atoms with Gasteiger partial charge in [0.15, 0.2) is 0 Å². The van der Waals surface area contributed by atoms with Crippen LogP contribution in [0.25, 0.3) is 0 Å². The van der Waals surface area contributed by atoms with Crippen molar-refractivity contribution in [1.82, 2.24) is 15.1 Å². The molecule has 0 aliphatic carbocycles. The van der Waals surface area contributed by atoms with Gasteiger partial charge < -0.3 is 19.3 Å². The lowest BCUT2D eigenvalue weighted by Gasteiger charge is -2.33. The fraction of sp³-hybridized carbons (Fsp3) is 0.360. The monoisotopic (exact) mass is 487 g/mol. The maximum Gasteiger partial charge on any atom is 0.254 e. The highest BCUT2D eigenvalue weighted by molar-refractivity contribution is 6.35. The first-order chi connectivity index (χ1) is 17.3. The first-order valence-corrected chi connectivity index (χ1v) is 12.2. The highest BCUT2D eigenvalue weighted by atomic mass is 16.5. The smallest absolute Gasteiger partial charge is 0.254 e. The third-order valence-corrected chi connectivity index (χ3v) is 7.10. The molecule has 3 heterocycles. The molecule has 2 unspecified atom stereocenters. The zero-order valence-corrected chi connectivity index (χ0v) is 20.4. The number of carbonyl (C=O) groups excluding carboxylic acids is 4. The van der Waals surface area contributed by atoms with E-state index in [1.54, 1.807) is 15.9 Å². The van der Waals surface area contributed by atoms with Gasteiger partial charge in [-0.3, -0.25) is 24.5 Å². The molecule has 4 amide bonds. The number of piperidine rings is 1. The van der Waals surface area contributed by atoms with Crippen molar-refractivity contribution in [3.05, 3.63) is 58.7 Å². The summed E-state index contributed by atoms with van der Waals surface area (Å²) in [6.45, 7) is 2.14. The maximum absolute atomic E-state index is 13.3. The molecule has 9 nitrogen and oxygen atoms in total. The molecule has 184 valence electrons. The van der Waals surface area contributed by atoms with Crippen molar-refractivity contribution < 1.29 is 28.7 Å². The van der Waals surface area contributed by atoms with Gasteiger partial charge in [0, 0.05) is 36.6 Å². The molecule has 2 atom stereocenters. The fourth-order valence-electron chi connectivity index (χ4n) is 5.15. The number of fused-ring (bicyclic) bond motifs is 1. The highest BCUT2D eigenvalue weighted by Crippen LogP contribution is 2.39. The minimum Gasteiger partial charge on any atom is -0.489 e. The summed E-state index contributed by atoms with van der Waals surface area (Å²) < 4.78 is 11.4. The molecular formula is C25H27B2N3O6. The van der Waals surface area contributed by atoms with Crippen LogP contribution in [0.3, 0.4) is 0 Å². The van der Waals surface area contributed by atoms with Gasteiger partial charge in [-0.25, -0.2) is 0 Å². The molecule has 2 fully saturated rings. The van der Waals surface area contributed by atoms with E-state index in [2.05, 4.69) is 5.32 Å². The van der Waals surface area contributed by atoms with E-state index in [-0.39, 0.29) is 36.7 Å². The third-order valence-electron chi connectivity index (χ3n) is 7.10. The Morgan fingerprint density at radius 2 is 1.81 bits per heavy atom. The van der Waals surface area contributed by atoms with Crippen LogP contribution in [0, 0.1) is 0 Å². The molecule has 0 radical (unpaired) electrons. The first-order valence-electron chi connectivity index (χ1n) is 12.2. The Kier molecular flexibility index (Phi) is 6.57. The number of benzene rings is 2. The van der Waals surface area contributed by atoms with E-state index in [1.807, 2.05) is 46.0 Å². The molecule has 1 N–H and O–H groups in total. The van der Waals surface area contributed by atoms with Gasteiger partial charge in [0.2, 0.25) is 17.7 Å². The number of rotatable bonds is 6. The van der Waals surface area contributed by atoms with Crippen LogP contribution in [0.4, 0.5) is 0 Å². The predicted octanol–water partition coefficient (Wildman–Crippen LogP) is -1.22. The summed E-state index contributed by atoms with van der Waals surface area (Å²) in [6, 6.07) is 10.9. The number of imide groups is 1. The minimum atomic E-state index is -0.684. The lowest BCUT2D eigenvalue weighted by molar-refractivity contribution is -0.143. The molecule has 3 aliphatic heterocycles. The summed E-state index contributed by atoms with van der Waals surface area (Å²) in [6.07, 6.45) is 0.521. The topological polar surface area (TPSA) is 105 Å². The van der Waals surface area contributed by atoms with Crippen LogP contribution in [0.15, 0.2) is 36.4 Å². The van der Waals surface area contributed by atoms with Crippen molar-refractivity contribution in [2.45, 2.75) is 38.0 Å². The van der Waals surface area contributed by atoms with E-state index in [0.717, 1.165) is 22.2 Å². The van der Waals surface area contributed by atoms with Gasteiger partial charge in [0.25, 0.3) is 5.91 Å². The molecule has 36 heavy (non-hydrogen) atoms. The van der Waals surface area contributed by atoms with Gasteiger partial charge in [0.05, 0.1) is 6.61 Å². The average molecular weight is 487 g/mol. The summed E-state index contributed by atoms with van der Waals surface area (Å²) >= 11 is 0. The minimum absolute atomic E-state index is 0.00270. The normalized spacial score (nSPS) is 22.0. The van der Waals surface area contributed by atoms with Crippen LogP contribution in [0.5, 0.6) is 5.75 Å². The first kappa shape index (κ1) is 24.1. The Hall–Kier alpha value is -3.59. The molecule has 2 aromatic rings. The number of nitrogens with one attached hydrogen (secondary N) is 1. The van der Waals surface area contributed by atoms with Gasteiger partial charge in [-0.15, -0.1) is 0 Å². The lowest BCUT2D eigenvalue weighted by Crippen LogP contribution is -2.53. The zero-order valence-electron chi connectivity index (χ0n) is 20.4. The fourth-order valence-corrected chi connectivity index (χ4v) is 5.15. The zero-order chi connectivity index (χ0) is 25.4. The Labute approximate surface area is 210 Å². The Morgan fingerprint density at radius 3 is 2.53 bits per heavy atom. The Balaban J connectivity index is 1.30. The molecule has 5 rings (SSSR count). The summed E-state index contributed by atoms with van der Waals surface area (Å²) in [5.74, 6) is -0.685. The number of ether oxygens (including phenoxy) is 2. The lowest BCUT2D eigenvalue weighted by atomic mass is 9.82. The number of morpholine rings is 1. The molecule has 0 bridgehead atoms. The van der Waals surface area contributed by atoms with Crippen molar-refractivity contribution in [1.29, 1.82) is 0 Å². The van der Waals surface area contributed by atoms with Crippen molar-refractivity contribution in [3.63, 3.8) is 0 Å². The van der Waals surface area contributed by atoms with E-state index < -0.39 is 11.9 Å². The van der Waals surface area contributed by atoms with E-state index >= 15 is 0 Å². The summed E-state index contributed by atoms with van der Waals surface area (Å²) in [5, 5.41) is 2.35. The number of hydrogen-bond acceptors (Lipinski definition) is 6.